The SMILES string of the molecule is O=C(NCCC(=O)N1CCc2ccccc2C1)[C@@H]1CC(=O)N(c2ccc(F)cc2)C1. The highest BCUT2D eigenvalue weighted by molar-refractivity contribution is 6.00. The Labute approximate surface area is 174 Å². The molecule has 0 aromatic heterocycles. The van der Waals surface area contributed by atoms with E-state index in [1.165, 1.54) is 40.3 Å². The van der Waals surface area contributed by atoms with Gasteiger partial charge in [-0.2, -0.15) is 0 Å². The number of nitrogens with one attached hydrogen (secondary N) is 1. The van der Waals surface area contributed by atoms with E-state index in [-0.39, 0.29) is 49.5 Å². The minimum atomic E-state index is -0.473. The zero-order chi connectivity index (χ0) is 21.1. The van der Waals surface area contributed by atoms with E-state index in [1.54, 1.807) is 0 Å². The first-order valence-corrected chi connectivity index (χ1v) is 10.2. The van der Waals surface area contributed by atoms with Crippen molar-refractivity contribution in [1.29, 1.82) is 0 Å². The van der Waals surface area contributed by atoms with Crippen LogP contribution in [0.25, 0.3) is 0 Å². The zero-order valence-corrected chi connectivity index (χ0v) is 16.6. The maximum Gasteiger partial charge on any atom is 0.227 e. The van der Waals surface area contributed by atoms with Gasteiger partial charge < -0.3 is 15.1 Å². The van der Waals surface area contributed by atoms with Crippen LogP contribution in [0.15, 0.2) is 48.5 Å². The van der Waals surface area contributed by atoms with Crippen LogP contribution in [0, 0.1) is 11.7 Å². The second-order valence-corrected chi connectivity index (χ2v) is 7.76. The average Bonchev–Trinajstić information content (AvgIpc) is 3.15. The van der Waals surface area contributed by atoms with Gasteiger partial charge >= 0.3 is 0 Å². The molecule has 1 atom stereocenters. The molecule has 2 aliphatic rings. The normalized spacial score (nSPS) is 18.3. The van der Waals surface area contributed by atoms with Crippen LogP contribution in [0.1, 0.15) is 24.0 Å². The number of hydrogen-bond donors (Lipinski definition) is 1. The van der Waals surface area contributed by atoms with Gasteiger partial charge in [0.05, 0.1) is 5.92 Å². The van der Waals surface area contributed by atoms with Crippen molar-refractivity contribution in [3.63, 3.8) is 0 Å². The molecule has 1 saturated heterocycles. The number of benzene rings is 2. The van der Waals surface area contributed by atoms with Gasteiger partial charge in [0, 0.05) is 44.7 Å². The molecule has 2 aromatic carbocycles. The van der Waals surface area contributed by atoms with Crippen LogP contribution in [-0.4, -0.2) is 42.3 Å². The largest absolute Gasteiger partial charge is 0.355 e. The molecule has 30 heavy (non-hydrogen) atoms. The highest BCUT2D eigenvalue weighted by atomic mass is 19.1. The summed E-state index contributed by atoms with van der Waals surface area (Å²) in [5.74, 6) is -1.23. The molecule has 0 unspecified atom stereocenters. The van der Waals surface area contributed by atoms with Gasteiger partial charge in [-0.25, -0.2) is 4.39 Å². The molecule has 2 heterocycles. The lowest BCUT2D eigenvalue weighted by molar-refractivity contribution is -0.132. The number of nitrogens with zero attached hydrogens (tertiary/aromatic N) is 2. The average molecular weight is 409 g/mol. The van der Waals surface area contributed by atoms with Crippen LogP contribution in [0.4, 0.5) is 10.1 Å². The van der Waals surface area contributed by atoms with Crippen molar-refractivity contribution in [3.05, 3.63) is 65.5 Å². The summed E-state index contributed by atoms with van der Waals surface area (Å²) in [7, 11) is 0. The summed E-state index contributed by atoms with van der Waals surface area (Å²) in [6.45, 7) is 1.80. The lowest BCUT2D eigenvalue weighted by Gasteiger charge is -2.29. The zero-order valence-electron chi connectivity index (χ0n) is 16.6. The standard InChI is InChI=1S/C23H24FN3O3/c24-19-5-7-20(8-6-19)27-15-18(13-22(27)29)23(30)25-11-9-21(28)26-12-10-16-3-1-2-4-17(16)14-26/h1-8,18H,9-15H2,(H,25,30)/t18-/m1/s1. The molecular formula is C23H24FN3O3. The first-order valence-electron chi connectivity index (χ1n) is 10.2. The number of carbonyl (C=O) groups is 3. The Morgan fingerprint density at radius 3 is 2.57 bits per heavy atom. The fraction of sp³-hybridized carbons (Fsp3) is 0.348. The lowest BCUT2D eigenvalue weighted by Crippen LogP contribution is -2.39. The Hall–Kier alpha value is -3.22. The van der Waals surface area contributed by atoms with Crippen molar-refractivity contribution in [2.45, 2.75) is 25.8 Å². The molecule has 0 saturated carbocycles. The van der Waals surface area contributed by atoms with E-state index >= 15 is 0 Å². The summed E-state index contributed by atoms with van der Waals surface area (Å²) < 4.78 is 13.1. The highest BCUT2D eigenvalue weighted by Crippen LogP contribution is 2.25. The summed E-state index contributed by atoms with van der Waals surface area (Å²) in [6.07, 6.45) is 1.19. The molecule has 7 heteroatoms. The number of amides is 3. The predicted octanol–water partition coefficient (Wildman–Crippen LogP) is 2.27. The molecule has 3 amide bonds. The van der Waals surface area contributed by atoms with Gasteiger partial charge in [-0.15, -0.1) is 0 Å². The number of carbonyl (C=O) groups excluding carboxylic acids is 3. The Kier molecular flexibility index (Phi) is 5.79. The maximum absolute atomic E-state index is 13.1. The third-order valence-electron chi connectivity index (χ3n) is 5.76. The van der Waals surface area contributed by atoms with Crippen molar-refractivity contribution < 1.29 is 18.8 Å². The van der Waals surface area contributed by atoms with Gasteiger partial charge in [0.25, 0.3) is 0 Å². The van der Waals surface area contributed by atoms with Crippen molar-refractivity contribution in [1.82, 2.24) is 10.2 Å². The molecule has 156 valence electrons. The van der Waals surface area contributed by atoms with Gasteiger partial charge in [0.1, 0.15) is 5.82 Å². The van der Waals surface area contributed by atoms with Crippen LogP contribution in [0.5, 0.6) is 0 Å². The van der Waals surface area contributed by atoms with Crippen molar-refractivity contribution >= 4 is 23.4 Å². The third-order valence-corrected chi connectivity index (χ3v) is 5.76. The second kappa shape index (κ2) is 8.65. The van der Waals surface area contributed by atoms with Crippen molar-refractivity contribution in [3.8, 4) is 0 Å². The second-order valence-electron chi connectivity index (χ2n) is 7.76. The summed E-state index contributed by atoms with van der Waals surface area (Å²) in [5, 5.41) is 2.79. The molecule has 6 nitrogen and oxygen atoms in total. The minimum Gasteiger partial charge on any atom is -0.355 e. The van der Waals surface area contributed by atoms with Crippen LogP contribution >= 0.6 is 0 Å². The number of rotatable bonds is 5. The Balaban J connectivity index is 1.25. The molecular weight excluding hydrogens is 385 g/mol. The Bertz CT molecular complexity index is 960. The smallest absolute Gasteiger partial charge is 0.227 e. The number of anilines is 1. The Morgan fingerprint density at radius 1 is 1.07 bits per heavy atom. The molecule has 4 rings (SSSR count). The molecule has 1 fully saturated rings. The number of halogens is 1. The molecule has 2 aliphatic heterocycles. The summed E-state index contributed by atoms with van der Waals surface area (Å²) >= 11 is 0. The van der Waals surface area contributed by atoms with Gasteiger partial charge in [-0.1, -0.05) is 24.3 Å². The van der Waals surface area contributed by atoms with Crippen molar-refractivity contribution in [2.75, 3.05) is 24.5 Å². The quantitative estimate of drug-likeness (QED) is 0.824. The van der Waals surface area contributed by atoms with Gasteiger partial charge in [-0.3, -0.25) is 14.4 Å². The fourth-order valence-electron chi connectivity index (χ4n) is 4.06. The maximum atomic E-state index is 13.1. The van der Waals surface area contributed by atoms with Gasteiger partial charge in [0.2, 0.25) is 17.7 Å². The van der Waals surface area contributed by atoms with E-state index in [4.69, 9.17) is 0 Å². The highest BCUT2D eigenvalue weighted by Gasteiger charge is 2.35. The molecule has 0 aliphatic carbocycles. The van der Waals surface area contributed by atoms with Crippen LogP contribution < -0.4 is 10.2 Å². The van der Waals surface area contributed by atoms with E-state index in [9.17, 15) is 18.8 Å². The number of fused-ring (bicyclic) bond motifs is 1. The first kappa shape index (κ1) is 20.1. The molecule has 0 spiro atoms. The van der Waals surface area contributed by atoms with Gasteiger partial charge in [0.15, 0.2) is 0 Å². The first-order chi connectivity index (χ1) is 14.5. The summed E-state index contributed by atoms with van der Waals surface area (Å²) in [4.78, 5) is 40.6. The lowest BCUT2D eigenvalue weighted by atomic mass is 10.00. The fourth-order valence-corrected chi connectivity index (χ4v) is 4.06. The van der Waals surface area contributed by atoms with E-state index < -0.39 is 5.92 Å². The van der Waals surface area contributed by atoms with E-state index in [0.717, 1.165) is 6.42 Å². The van der Waals surface area contributed by atoms with E-state index in [2.05, 4.69) is 11.4 Å². The molecule has 1 N–H and O–H groups in total. The van der Waals surface area contributed by atoms with Crippen LogP contribution in [0.2, 0.25) is 0 Å². The minimum absolute atomic E-state index is 0.0141. The predicted molar refractivity (Wildman–Crippen MR) is 110 cm³/mol. The van der Waals surface area contributed by atoms with E-state index in [1.807, 2.05) is 23.1 Å². The molecule has 2 aromatic rings. The summed E-state index contributed by atoms with van der Waals surface area (Å²) in [6, 6.07) is 13.8. The van der Waals surface area contributed by atoms with Crippen LogP contribution in [-0.2, 0) is 27.3 Å². The number of hydrogen-bond acceptors (Lipinski definition) is 3. The van der Waals surface area contributed by atoms with Crippen molar-refractivity contribution in [2.24, 2.45) is 5.92 Å². The van der Waals surface area contributed by atoms with Crippen LogP contribution in [0.3, 0.4) is 0 Å². The topological polar surface area (TPSA) is 69.7 Å². The Morgan fingerprint density at radius 2 is 1.80 bits per heavy atom. The molecule has 0 bridgehead atoms. The molecule has 0 radical (unpaired) electrons. The summed E-state index contributed by atoms with van der Waals surface area (Å²) in [5.41, 5.74) is 3.04. The monoisotopic (exact) mass is 409 g/mol. The van der Waals surface area contributed by atoms with E-state index in [0.29, 0.717) is 18.8 Å². The third kappa shape index (κ3) is 4.35. The van der Waals surface area contributed by atoms with Gasteiger partial charge in [-0.05, 0) is 41.8 Å².